The average Bonchev–Trinajstić information content (AvgIpc) is 2.88. The van der Waals surface area contributed by atoms with Crippen molar-refractivity contribution in [3.05, 3.63) is 0 Å². The van der Waals surface area contributed by atoms with E-state index in [2.05, 4.69) is 37.9 Å². The number of nitrogens with one attached hydrogen (secondary N) is 1. The molecule has 1 N–H and O–H groups in total. The van der Waals surface area contributed by atoms with E-state index < -0.39 is 0 Å². The summed E-state index contributed by atoms with van der Waals surface area (Å²) < 4.78 is 0. The number of hydrogen-bond acceptors (Lipinski definition) is 2. The Bertz CT molecular complexity index is 195. The van der Waals surface area contributed by atoms with Gasteiger partial charge in [-0.25, -0.2) is 0 Å². The monoisotopic (exact) mass is 254 g/mol. The van der Waals surface area contributed by atoms with Crippen LogP contribution < -0.4 is 5.32 Å². The second-order valence-electron chi connectivity index (χ2n) is 6.07. The predicted molar refractivity (Wildman–Crippen MR) is 81.0 cm³/mol. The lowest BCUT2D eigenvalue weighted by Gasteiger charge is -2.25. The fourth-order valence-corrected chi connectivity index (χ4v) is 3.29. The SMILES string of the molecule is CCN(CC)CCCC(C)NC(C)C1CCCC1. The summed E-state index contributed by atoms with van der Waals surface area (Å²) in [5.74, 6) is 0.940. The zero-order valence-electron chi connectivity index (χ0n) is 13.0. The van der Waals surface area contributed by atoms with Crippen molar-refractivity contribution in [1.29, 1.82) is 0 Å². The summed E-state index contributed by atoms with van der Waals surface area (Å²) in [4.78, 5) is 2.52. The topological polar surface area (TPSA) is 15.3 Å². The van der Waals surface area contributed by atoms with Crippen molar-refractivity contribution in [3.63, 3.8) is 0 Å². The molecule has 0 aromatic rings. The summed E-state index contributed by atoms with van der Waals surface area (Å²) >= 11 is 0. The number of rotatable bonds is 9. The van der Waals surface area contributed by atoms with Gasteiger partial charge < -0.3 is 10.2 Å². The van der Waals surface area contributed by atoms with Crippen molar-refractivity contribution in [2.75, 3.05) is 19.6 Å². The van der Waals surface area contributed by atoms with Gasteiger partial charge in [-0.15, -0.1) is 0 Å². The molecule has 1 rings (SSSR count). The molecule has 1 fully saturated rings. The highest BCUT2D eigenvalue weighted by Crippen LogP contribution is 2.27. The first-order valence-electron chi connectivity index (χ1n) is 8.15. The second kappa shape index (κ2) is 8.92. The lowest BCUT2D eigenvalue weighted by atomic mass is 9.98. The van der Waals surface area contributed by atoms with E-state index >= 15 is 0 Å². The predicted octanol–water partition coefficient (Wildman–Crippen LogP) is 3.67. The van der Waals surface area contributed by atoms with Gasteiger partial charge in [-0.1, -0.05) is 26.7 Å². The summed E-state index contributed by atoms with van der Waals surface area (Å²) in [6.45, 7) is 12.9. The quantitative estimate of drug-likeness (QED) is 0.675. The van der Waals surface area contributed by atoms with Crippen molar-refractivity contribution < 1.29 is 0 Å². The van der Waals surface area contributed by atoms with Crippen LogP contribution >= 0.6 is 0 Å². The van der Waals surface area contributed by atoms with E-state index in [0.29, 0.717) is 6.04 Å². The molecule has 0 saturated heterocycles. The molecule has 1 saturated carbocycles. The van der Waals surface area contributed by atoms with Gasteiger partial charge in [0.2, 0.25) is 0 Å². The van der Waals surface area contributed by atoms with Crippen LogP contribution in [0.2, 0.25) is 0 Å². The van der Waals surface area contributed by atoms with Crippen molar-refractivity contribution in [2.24, 2.45) is 5.92 Å². The van der Waals surface area contributed by atoms with Gasteiger partial charge in [-0.2, -0.15) is 0 Å². The first kappa shape index (κ1) is 16.0. The van der Waals surface area contributed by atoms with Gasteiger partial charge in [0.25, 0.3) is 0 Å². The molecule has 18 heavy (non-hydrogen) atoms. The van der Waals surface area contributed by atoms with E-state index in [1.807, 2.05) is 0 Å². The van der Waals surface area contributed by atoms with Gasteiger partial charge in [0.05, 0.1) is 0 Å². The van der Waals surface area contributed by atoms with Crippen LogP contribution in [0.3, 0.4) is 0 Å². The van der Waals surface area contributed by atoms with E-state index in [9.17, 15) is 0 Å². The molecule has 1 aliphatic rings. The third-order valence-corrected chi connectivity index (χ3v) is 4.66. The second-order valence-corrected chi connectivity index (χ2v) is 6.07. The largest absolute Gasteiger partial charge is 0.312 e. The number of hydrogen-bond donors (Lipinski definition) is 1. The molecule has 0 heterocycles. The van der Waals surface area contributed by atoms with Crippen molar-refractivity contribution in [3.8, 4) is 0 Å². The Labute approximate surface area is 115 Å². The molecule has 2 heteroatoms. The zero-order valence-corrected chi connectivity index (χ0v) is 13.0. The fraction of sp³-hybridized carbons (Fsp3) is 1.00. The van der Waals surface area contributed by atoms with Crippen molar-refractivity contribution in [1.82, 2.24) is 10.2 Å². The first-order chi connectivity index (χ1) is 8.67. The lowest BCUT2D eigenvalue weighted by molar-refractivity contribution is 0.281. The summed E-state index contributed by atoms with van der Waals surface area (Å²) in [5, 5.41) is 3.81. The molecule has 0 bridgehead atoms. The third-order valence-electron chi connectivity index (χ3n) is 4.66. The Morgan fingerprint density at radius 1 is 1.11 bits per heavy atom. The van der Waals surface area contributed by atoms with Gasteiger partial charge in [0, 0.05) is 12.1 Å². The van der Waals surface area contributed by atoms with Gasteiger partial charge in [-0.3, -0.25) is 0 Å². The molecule has 2 unspecified atom stereocenters. The van der Waals surface area contributed by atoms with Crippen LogP contribution in [-0.2, 0) is 0 Å². The average molecular weight is 254 g/mol. The molecule has 0 aliphatic heterocycles. The van der Waals surface area contributed by atoms with Crippen molar-refractivity contribution >= 4 is 0 Å². The molecule has 108 valence electrons. The van der Waals surface area contributed by atoms with E-state index in [4.69, 9.17) is 0 Å². The van der Waals surface area contributed by atoms with E-state index in [1.165, 1.54) is 58.2 Å². The van der Waals surface area contributed by atoms with Crippen LogP contribution in [-0.4, -0.2) is 36.6 Å². The van der Waals surface area contributed by atoms with E-state index in [-0.39, 0.29) is 0 Å². The highest BCUT2D eigenvalue weighted by molar-refractivity contribution is 4.79. The minimum absolute atomic E-state index is 0.677. The molecule has 2 atom stereocenters. The summed E-state index contributed by atoms with van der Waals surface area (Å²) in [5.41, 5.74) is 0. The summed E-state index contributed by atoms with van der Waals surface area (Å²) in [6.07, 6.45) is 8.43. The molecule has 0 radical (unpaired) electrons. The van der Waals surface area contributed by atoms with Crippen LogP contribution in [0, 0.1) is 5.92 Å². The van der Waals surface area contributed by atoms with E-state index in [1.54, 1.807) is 0 Å². The Kier molecular flexibility index (Phi) is 7.92. The molecule has 1 aliphatic carbocycles. The highest BCUT2D eigenvalue weighted by atomic mass is 15.1. The maximum atomic E-state index is 3.81. The maximum absolute atomic E-state index is 3.81. The van der Waals surface area contributed by atoms with Crippen molar-refractivity contribution in [2.45, 2.75) is 78.3 Å². The molecule has 0 aromatic carbocycles. The maximum Gasteiger partial charge on any atom is 0.00694 e. The molecule has 0 spiro atoms. The first-order valence-corrected chi connectivity index (χ1v) is 8.15. The van der Waals surface area contributed by atoms with Crippen LogP contribution in [0.15, 0.2) is 0 Å². The van der Waals surface area contributed by atoms with Gasteiger partial charge in [0.15, 0.2) is 0 Å². The molecule has 2 nitrogen and oxygen atoms in total. The van der Waals surface area contributed by atoms with Gasteiger partial charge in [-0.05, 0) is 65.1 Å². The smallest absolute Gasteiger partial charge is 0.00694 e. The Morgan fingerprint density at radius 3 is 2.28 bits per heavy atom. The lowest BCUT2D eigenvalue weighted by Crippen LogP contribution is -2.39. The van der Waals surface area contributed by atoms with Crippen LogP contribution in [0.25, 0.3) is 0 Å². The van der Waals surface area contributed by atoms with Crippen LogP contribution in [0.1, 0.15) is 66.2 Å². The Hall–Kier alpha value is -0.0800. The molecule has 0 aromatic heterocycles. The van der Waals surface area contributed by atoms with Gasteiger partial charge in [0.1, 0.15) is 0 Å². The minimum atomic E-state index is 0.677. The fourth-order valence-electron chi connectivity index (χ4n) is 3.29. The van der Waals surface area contributed by atoms with E-state index in [0.717, 1.165) is 12.0 Å². The third kappa shape index (κ3) is 5.71. The summed E-state index contributed by atoms with van der Waals surface area (Å²) in [7, 11) is 0. The standard InChI is InChI=1S/C16H34N2/c1-5-18(6-2)13-9-10-14(3)17-15(4)16-11-7-8-12-16/h14-17H,5-13H2,1-4H3. The normalized spacial score (nSPS) is 20.5. The zero-order chi connectivity index (χ0) is 13.4. The molecular weight excluding hydrogens is 220 g/mol. The Balaban J connectivity index is 2.10. The van der Waals surface area contributed by atoms with Crippen LogP contribution in [0.5, 0.6) is 0 Å². The molecule has 0 amide bonds. The Morgan fingerprint density at radius 2 is 1.72 bits per heavy atom. The van der Waals surface area contributed by atoms with Crippen LogP contribution in [0.4, 0.5) is 0 Å². The van der Waals surface area contributed by atoms with Gasteiger partial charge >= 0.3 is 0 Å². The minimum Gasteiger partial charge on any atom is -0.312 e. The molecular formula is C16H34N2. The summed E-state index contributed by atoms with van der Waals surface area (Å²) in [6, 6.07) is 1.40. The highest BCUT2D eigenvalue weighted by Gasteiger charge is 2.22. The number of nitrogens with zero attached hydrogens (tertiary/aromatic N) is 1.